The topological polar surface area (TPSA) is 27.1 Å². The van der Waals surface area contributed by atoms with Gasteiger partial charge in [0.2, 0.25) is 0 Å². The minimum Gasteiger partial charge on any atom is -0.497 e. The molecule has 0 amide bonds. The first-order valence-corrected chi connectivity index (χ1v) is 10.8. The maximum Gasteiger partial charge on any atom is 0.416 e. The predicted octanol–water partition coefficient (Wildman–Crippen LogP) is 6.45. The van der Waals surface area contributed by atoms with E-state index in [2.05, 4.69) is 4.98 Å². The molecule has 1 heterocycles. The number of alkyl halides is 3. The minimum atomic E-state index is -4.39. The van der Waals surface area contributed by atoms with Crippen LogP contribution in [0.2, 0.25) is 0 Å². The Morgan fingerprint density at radius 1 is 0.935 bits per heavy atom. The third-order valence-electron chi connectivity index (χ3n) is 5.01. The van der Waals surface area contributed by atoms with Gasteiger partial charge in [0.1, 0.15) is 5.75 Å². The zero-order chi connectivity index (χ0) is 21.8. The van der Waals surface area contributed by atoms with Gasteiger partial charge in [-0.05, 0) is 47.9 Å². The summed E-state index contributed by atoms with van der Waals surface area (Å²) in [6.45, 7) is 0.549. The zero-order valence-corrected chi connectivity index (χ0v) is 17.7. The van der Waals surface area contributed by atoms with Crippen molar-refractivity contribution in [3.63, 3.8) is 0 Å². The summed E-state index contributed by atoms with van der Waals surface area (Å²) in [5, 5.41) is 0.715. The number of hydrogen-bond donors (Lipinski definition) is 0. The van der Waals surface area contributed by atoms with Crippen molar-refractivity contribution in [1.82, 2.24) is 9.55 Å². The first-order valence-electron chi connectivity index (χ1n) is 9.81. The number of benzene rings is 3. The number of aryl methyl sites for hydroxylation is 1. The average Bonchev–Trinajstić information content (AvgIpc) is 3.11. The summed E-state index contributed by atoms with van der Waals surface area (Å²) >= 11 is 1.55. The minimum absolute atomic E-state index is 0.359. The molecule has 1 aromatic heterocycles. The number of nitrogens with zero attached hydrogens (tertiary/aromatic N) is 2. The van der Waals surface area contributed by atoms with Crippen LogP contribution in [0, 0.1) is 0 Å². The van der Waals surface area contributed by atoms with Crippen molar-refractivity contribution in [1.29, 1.82) is 0 Å². The third-order valence-corrected chi connectivity index (χ3v) is 5.98. The summed E-state index contributed by atoms with van der Waals surface area (Å²) < 4.78 is 46.7. The second kappa shape index (κ2) is 9.06. The Morgan fingerprint density at radius 3 is 2.35 bits per heavy atom. The van der Waals surface area contributed by atoms with Gasteiger partial charge in [0.15, 0.2) is 5.16 Å². The Labute approximate surface area is 182 Å². The highest BCUT2D eigenvalue weighted by Crippen LogP contribution is 2.33. The lowest BCUT2D eigenvalue weighted by molar-refractivity contribution is -0.137. The van der Waals surface area contributed by atoms with Crippen LogP contribution in [-0.2, 0) is 19.1 Å². The van der Waals surface area contributed by atoms with Crippen molar-refractivity contribution in [2.45, 2.75) is 24.3 Å². The van der Waals surface area contributed by atoms with Gasteiger partial charge in [0.25, 0.3) is 0 Å². The van der Waals surface area contributed by atoms with E-state index in [1.807, 2.05) is 59.2 Å². The van der Waals surface area contributed by atoms with Crippen LogP contribution in [0.25, 0.3) is 11.0 Å². The molecule has 4 rings (SSSR count). The number of aromatic nitrogens is 2. The maximum atomic E-state index is 13.2. The molecule has 31 heavy (non-hydrogen) atoms. The standard InChI is InChI=1S/C24H21F3N2OS/c1-30-20-10-7-17(8-11-20)13-14-31-23-28-21-15-19(24(25,26)27)9-12-22(21)29(23)16-18-5-3-2-4-6-18/h2-12,15H,13-14,16H2,1H3. The molecule has 7 heteroatoms. The first-order chi connectivity index (χ1) is 14.9. The Hall–Kier alpha value is -2.93. The quantitative estimate of drug-likeness (QED) is 0.308. The van der Waals surface area contributed by atoms with Gasteiger partial charge >= 0.3 is 6.18 Å². The van der Waals surface area contributed by atoms with E-state index in [-0.39, 0.29) is 0 Å². The van der Waals surface area contributed by atoms with Crippen LogP contribution in [-0.4, -0.2) is 22.4 Å². The van der Waals surface area contributed by atoms with E-state index in [1.165, 1.54) is 11.6 Å². The Balaban J connectivity index is 1.60. The number of imidazole rings is 1. The highest BCUT2D eigenvalue weighted by atomic mass is 32.2. The van der Waals surface area contributed by atoms with Crippen molar-refractivity contribution in [2.75, 3.05) is 12.9 Å². The van der Waals surface area contributed by atoms with Gasteiger partial charge in [-0.2, -0.15) is 13.2 Å². The fourth-order valence-electron chi connectivity index (χ4n) is 3.37. The average molecular weight is 443 g/mol. The van der Waals surface area contributed by atoms with E-state index < -0.39 is 11.7 Å². The number of methoxy groups -OCH3 is 1. The number of hydrogen-bond acceptors (Lipinski definition) is 3. The van der Waals surface area contributed by atoms with Crippen LogP contribution >= 0.6 is 11.8 Å². The van der Waals surface area contributed by atoms with Crippen molar-refractivity contribution >= 4 is 22.8 Å². The molecule has 0 fully saturated rings. The van der Waals surface area contributed by atoms with E-state index in [0.717, 1.165) is 35.6 Å². The van der Waals surface area contributed by atoms with Crippen molar-refractivity contribution in [3.05, 3.63) is 89.5 Å². The van der Waals surface area contributed by atoms with Gasteiger partial charge in [-0.1, -0.05) is 54.2 Å². The molecule has 0 spiro atoms. The lowest BCUT2D eigenvalue weighted by Crippen LogP contribution is -2.05. The Morgan fingerprint density at radius 2 is 1.68 bits per heavy atom. The SMILES string of the molecule is COc1ccc(CCSc2nc3cc(C(F)(F)F)ccc3n2Cc2ccccc2)cc1. The van der Waals surface area contributed by atoms with E-state index >= 15 is 0 Å². The van der Waals surface area contributed by atoms with Crippen LogP contribution in [0.15, 0.2) is 78.0 Å². The summed E-state index contributed by atoms with van der Waals surface area (Å²) in [7, 11) is 1.63. The molecule has 0 aliphatic heterocycles. The van der Waals surface area contributed by atoms with Crippen LogP contribution in [0.4, 0.5) is 13.2 Å². The fourth-order valence-corrected chi connectivity index (χ4v) is 4.37. The Bertz CT molecular complexity index is 1160. The number of thioether (sulfide) groups is 1. The van der Waals surface area contributed by atoms with E-state index in [0.29, 0.717) is 22.7 Å². The molecular formula is C24H21F3N2OS. The molecule has 0 unspecified atom stereocenters. The van der Waals surface area contributed by atoms with E-state index in [9.17, 15) is 13.2 Å². The molecule has 0 bridgehead atoms. The molecule has 0 N–H and O–H groups in total. The molecule has 0 aliphatic carbocycles. The third kappa shape index (κ3) is 5.05. The lowest BCUT2D eigenvalue weighted by atomic mass is 10.2. The molecule has 3 nitrogen and oxygen atoms in total. The van der Waals surface area contributed by atoms with Crippen molar-refractivity contribution < 1.29 is 17.9 Å². The van der Waals surface area contributed by atoms with E-state index in [4.69, 9.17) is 4.74 Å². The van der Waals surface area contributed by atoms with E-state index in [1.54, 1.807) is 18.9 Å². The van der Waals surface area contributed by atoms with Gasteiger partial charge in [-0.25, -0.2) is 4.98 Å². The molecule has 0 saturated heterocycles. The second-order valence-corrected chi connectivity index (χ2v) is 8.18. The molecule has 0 aliphatic rings. The van der Waals surface area contributed by atoms with Crippen molar-refractivity contribution in [3.8, 4) is 5.75 Å². The smallest absolute Gasteiger partial charge is 0.416 e. The van der Waals surface area contributed by atoms with Gasteiger partial charge in [-0.3, -0.25) is 0 Å². The van der Waals surface area contributed by atoms with Crippen molar-refractivity contribution in [2.24, 2.45) is 0 Å². The summed E-state index contributed by atoms with van der Waals surface area (Å²) in [4.78, 5) is 4.55. The number of ether oxygens (including phenoxy) is 1. The molecule has 3 aromatic carbocycles. The number of rotatable bonds is 7. The van der Waals surface area contributed by atoms with Crippen LogP contribution in [0.3, 0.4) is 0 Å². The van der Waals surface area contributed by atoms with Gasteiger partial charge in [0, 0.05) is 5.75 Å². The van der Waals surface area contributed by atoms with Crippen LogP contribution in [0.5, 0.6) is 5.75 Å². The molecular weight excluding hydrogens is 421 g/mol. The first kappa shape index (κ1) is 21.3. The molecule has 0 atom stereocenters. The lowest BCUT2D eigenvalue weighted by Gasteiger charge is -2.10. The molecule has 160 valence electrons. The second-order valence-electron chi connectivity index (χ2n) is 7.11. The predicted molar refractivity (Wildman–Crippen MR) is 118 cm³/mol. The largest absolute Gasteiger partial charge is 0.497 e. The highest BCUT2D eigenvalue weighted by molar-refractivity contribution is 7.99. The summed E-state index contributed by atoms with van der Waals surface area (Å²) in [6.07, 6.45) is -3.57. The molecule has 0 saturated carbocycles. The summed E-state index contributed by atoms with van der Waals surface area (Å²) in [5.41, 5.74) is 2.61. The summed E-state index contributed by atoms with van der Waals surface area (Å²) in [6, 6.07) is 21.5. The zero-order valence-electron chi connectivity index (χ0n) is 16.9. The van der Waals surface area contributed by atoms with Gasteiger partial charge in [0.05, 0.1) is 30.3 Å². The number of halogens is 3. The van der Waals surface area contributed by atoms with Gasteiger partial charge in [-0.15, -0.1) is 0 Å². The van der Waals surface area contributed by atoms with Gasteiger partial charge < -0.3 is 9.30 Å². The fraction of sp³-hybridized carbons (Fsp3) is 0.208. The number of fused-ring (bicyclic) bond motifs is 1. The summed E-state index contributed by atoms with van der Waals surface area (Å²) in [5.74, 6) is 1.57. The monoisotopic (exact) mass is 442 g/mol. The Kier molecular flexibility index (Phi) is 6.23. The molecule has 4 aromatic rings. The van der Waals surface area contributed by atoms with Crippen LogP contribution < -0.4 is 4.74 Å². The highest BCUT2D eigenvalue weighted by Gasteiger charge is 2.31. The maximum absolute atomic E-state index is 13.2. The normalized spacial score (nSPS) is 11.7. The van der Waals surface area contributed by atoms with Crippen LogP contribution in [0.1, 0.15) is 16.7 Å². The molecule has 0 radical (unpaired) electrons.